The summed E-state index contributed by atoms with van der Waals surface area (Å²) in [5, 5.41) is 35.4. The van der Waals surface area contributed by atoms with Crippen molar-refractivity contribution >= 4 is 5.97 Å². The van der Waals surface area contributed by atoms with E-state index in [-0.39, 0.29) is 6.61 Å². The van der Waals surface area contributed by atoms with Gasteiger partial charge in [0.1, 0.15) is 18.3 Å². The molecule has 6 nitrogen and oxygen atoms in total. The topological polar surface area (TPSA) is 107 Å². The van der Waals surface area contributed by atoms with E-state index in [1.54, 1.807) is 0 Å². The fraction of sp³-hybridized carbons (Fsp3) is 0.833. The fourth-order valence-corrected chi connectivity index (χ4v) is 1.02. The third-order valence-corrected chi connectivity index (χ3v) is 1.74. The van der Waals surface area contributed by atoms with Gasteiger partial charge in [0.05, 0.1) is 6.61 Å². The third kappa shape index (κ3) is 1.56. The lowest BCUT2D eigenvalue weighted by Gasteiger charge is -2.32. The summed E-state index contributed by atoms with van der Waals surface area (Å²) in [5.74, 6) is -1.35. The van der Waals surface area contributed by atoms with Crippen molar-refractivity contribution in [3.8, 4) is 0 Å². The van der Waals surface area contributed by atoms with Gasteiger partial charge in [-0.25, -0.2) is 4.79 Å². The van der Waals surface area contributed by atoms with Crippen LogP contribution in [0, 0.1) is 0 Å². The summed E-state index contributed by atoms with van der Waals surface area (Å²) in [6.07, 6.45) is -5.72. The summed E-state index contributed by atoms with van der Waals surface area (Å²) >= 11 is 0. The Kier molecular flexibility index (Phi) is 2.63. The molecule has 70 valence electrons. The third-order valence-electron chi connectivity index (χ3n) is 1.74. The van der Waals surface area contributed by atoms with Crippen LogP contribution >= 0.6 is 0 Å². The molecule has 0 aliphatic carbocycles. The van der Waals surface area contributed by atoms with Crippen molar-refractivity contribution in [1.82, 2.24) is 0 Å². The molecule has 0 amide bonds. The Bertz CT molecular complexity index is 181. The first kappa shape index (κ1) is 9.40. The van der Waals surface area contributed by atoms with Crippen molar-refractivity contribution in [2.45, 2.75) is 24.4 Å². The average Bonchev–Trinajstić information content (AvgIpc) is 2.00. The first-order chi connectivity index (χ1) is 5.54. The number of carboxylic acids is 1. The molecule has 1 rings (SSSR count). The van der Waals surface area contributed by atoms with E-state index in [9.17, 15) is 4.79 Å². The molecule has 0 aromatic carbocycles. The van der Waals surface area contributed by atoms with Crippen LogP contribution in [-0.2, 0) is 9.53 Å². The molecule has 0 bridgehead atoms. The summed E-state index contributed by atoms with van der Waals surface area (Å²) in [7, 11) is 0. The van der Waals surface area contributed by atoms with Gasteiger partial charge in [-0.2, -0.15) is 0 Å². The second-order valence-electron chi connectivity index (χ2n) is 2.64. The SMILES string of the molecule is O=C(O)[C@H]1OC[C@@H](O)[C@H](O)[C@H]1O. The van der Waals surface area contributed by atoms with Crippen molar-refractivity contribution in [3.63, 3.8) is 0 Å². The van der Waals surface area contributed by atoms with Gasteiger partial charge in [-0.05, 0) is 0 Å². The zero-order valence-electron chi connectivity index (χ0n) is 6.12. The monoisotopic (exact) mass is 178 g/mol. The van der Waals surface area contributed by atoms with Crippen LogP contribution in [-0.4, -0.2) is 57.4 Å². The minimum atomic E-state index is -1.58. The maximum Gasteiger partial charge on any atom is 0.335 e. The van der Waals surface area contributed by atoms with Crippen molar-refractivity contribution in [2.75, 3.05) is 6.61 Å². The van der Waals surface area contributed by atoms with Crippen LogP contribution in [0.4, 0.5) is 0 Å². The molecule has 6 heteroatoms. The number of aliphatic hydroxyl groups is 3. The highest BCUT2D eigenvalue weighted by Gasteiger charge is 2.41. The van der Waals surface area contributed by atoms with E-state index < -0.39 is 30.4 Å². The van der Waals surface area contributed by atoms with Gasteiger partial charge in [-0.15, -0.1) is 0 Å². The minimum Gasteiger partial charge on any atom is -0.479 e. The lowest BCUT2D eigenvalue weighted by atomic mass is 10.0. The van der Waals surface area contributed by atoms with Crippen molar-refractivity contribution in [3.05, 3.63) is 0 Å². The molecule has 12 heavy (non-hydrogen) atoms. The zero-order chi connectivity index (χ0) is 9.30. The van der Waals surface area contributed by atoms with Crippen LogP contribution in [0.2, 0.25) is 0 Å². The number of aliphatic hydroxyl groups excluding tert-OH is 3. The van der Waals surface area contributed by atoms with Crippen LogP contribution in [0.5, 0.6) is 0 Å². The van der Waals surface area contributed by atoms with E-state index in [1.807, 2.05) is 0 Å². The largest absolute Gasteiger partial charge is 0.479 e. The smallest absolute Gasteiger partial charge is 0.335 e. The van der Waals surface area contributed by atoms with Crippen LogP contribution in [0.3, 0.4) is 0 Å². The van der Waals surface area contributed by atoms with Crippen LogP contribution in [0.1, 0.15) is 0 Å². The normalized spacial score (nSPS) is 42.6. The number of hydrogen-bond donors (Lipinski definition) is 4. The molecule has 4 atom stereocenters. The van der Waals surface area contributed by atoms with Gasteiger partial charge >= 0.3 is 5.97 Å². The van der Waals surface area contributed by atoms with E-state index in [1.165, 1.54) is 0 Å². The molecule has 1 saturated heterocycles. The molecule has 1 fully saturated rings. The predicted molar refractivity (Wildman–Crippen MR) is 35.4 cm³/mol. The molecule has 0 unspecified atom stereocenters. The zero-order valence-corrected chi connectivity index (χ0v) is 6.12. The highest BCUT2D eigenvalue weighted by Crippen LogP contribution is 2.15. The van der Waals surface area contributed by atoms with E-state index in [0.29, 0.717) is 0 Å². The lowest BCUT2D eigenvalue weighted by molar-refractivity contribution is -0.201. The predicted octanol–water partition coefficient (Wildman–Crippen LogP) is -2.45. The summed E-state index contributed by atoms with van der Waals surface area (Å²) in [6, 6.07) is 0. The Hall–Kier alpha value is -0.690. The first-order valence-corrected chi connectivity index (χ1v) is 3.42. The van der Waals surface area contributed by atoms with E-state index in [4.69, 9.17) is 20.4 Å². The first-order valence-electron chi connectivity index (χ1n) is 3.42. The highest BCUT2D eigenvalue weighted by atomic mass is 16.5. The Morgan fingerprint density at radius 2 is 1.83 bits per heavy atom. The molecule has 0 saturated carbocycles. The quantitative estimate of drug-likeness (QED) is 0.355. The molecule has 0 spiro atoms. The Morgan fingerprint density at radius 1 is 1.25 bits per heavy atom. The fourth-order valence-electron chi connectivity index (χ4n) is 1.02. The Labute approximate surface area is 68.0 Å². The van der Waals surface area contributed by atoms with Crippen molar-refractivity contribution in [1.29, 1.82) is 0 Å². The maximum atomic E-state index is 10.3. The Morgan fingerprint density at radius 3 is 2.33 bits per heavy atom. The van der Waals surface area contributed by atoms with Gasteiger partial charge in [0.2, 0.25) is 0 Å². The molecule has 0 aromatic rings. The summed E-state index contributed by atoms with van der Waals surface area (Å²) in [4.78, 5) is 10.3. The van der Waals surface area contributed by atoms with Gasteiger partial charge < -0.3 is 25.2 Å². The number of carbonyl (C=O) groups is 1. The van der Waals surface area contributed by atoms with Gasteiger partial charge in [0.15, 0.2) is 6.10 Å². The standard InChI is InChI=1S/C6H10O6/c7-2-1-12-5(6(10)11)4(9)3(2)8/h2-5,7-9H,1H2,(H,10,11)/t2-,3+,4-,5+/m1/s1. The molecule has 0 aromatic heterocycles. The summed E-state index contributed by atoms with van der Waals surface area (Å²) < 4.78 is 4.57. The number of carboxylic acid groups (broad SMARTS) is 1. The molecular weight excluding hydrogens is 168 g/mol. The van der Waals surface area contributed by atoms with E-state index in [2.05, 4.69) is 4.74 Å². The molecular formula is C6H10O6. The van der Waals surface area contributed by atoms with Gasteiger partial charge in [0, 0.05) is 0 Å². The van der Waals surface area contributed by atoms with Crippen molar-refractivity contribution in [2.24, 2.45) is 0 Å². The highest BCUT2D eigenvalue weighted by molar-refractivity contribution is 5.73. The van der Waals surface area contributed by atoms with Gasteiger partial charge in [0.25, 0.3) is 0 Å². The molecule has 1 aliphatic rings. The van der Waals surface area contributed by atoms with Crippen LogP contribution in [0.15, 0.2) is 0 Å². The average molecular weight is 178 g/mol. The van der Waals surface area contributed by atoms with E-state index in [0.717, 1.165) is 0 Å². The van der Waals surface area contributed by atoms with Crippen LogP contribution < -0.4 is 0 Å². The number of rotatable bonds is 1. The number of aliphatic carboxylic acids is 1. The maximum absolute atomic E-state index is 10.3. The second kappa shape index (κ2) is 3.36. The van der Waals surface area contributed by atoms with Crippen molar-refractivity contribution < 1.29 is 30.0 Å². The number of hydrogen-bond acceptors (Lipinski definition) is 5. The number of ether oxygens (including phenoxy) is 1. The van der Waals surface area contributed by atoms with Crippen LogP contribution in [0.25, 0.3) is 0 Å². The lowest BCUT2D eigenvalue weighted by Crippen LogP contribution is -2.55. The summed E-state index contributed by atoms with van der Waals surface area (Å²) in [5.41, 5.74) is 0. The molecule has 0 radical (unpaired) electrons. The molecule has 1 heterocycles. The molecule has 1 aliphatic heterocycles. The van der Waals surface area contributed by atoms with E-state index >= 15 is 0 Å². The minimum absolute atomic E-state index is 0.283. The second-order valence-corrected chi connectivity index (χ2v) is 2.64. The Balaban J connectivity index is 2.65. The summed E-state index contributed by atoms with van der Waals surface area (Å²) in [6.45, 7) is -0.283. The molecule has 4 N–H and O–H groups in total. The van der Waals surface area contributed by atoms with Gasteiger partial charge in [-0.3, -0.25) is 0 Å². The van der Waals surface area contributed by atoms with Gasteiger partial charge in [-0.1, -0.05) is 0 Å².